The number of hydrogen-bond donors (Lipinski definition) is 3. The fourth-order valence-electron chi connectivity index (χ4n) is 2.94. The van der Waals surface area contributed by atoms with Gasteiger partial charge in [0.05, 0.1) is 12.1 Å². The third-order valence-corrected chi connectivity index (χ3v) is 4.21. The molecule has 22 heavy (non-hydrogen) atoms. The molecule has 3 rings (SSSR count). The molecule has 2 atom stereocenters. The van der Waals surface area contributed by atoms with Crippen molar-refractivity contribution in [1.82, 2.24) is 10.6 Å². The highest BCUT2D eigenvalue weighted by molar-refractivity contribution is 5.95. The molecule has 6 nitrogen and oxygen atoms in total. The Labute approximate surface area is 129 Å². The van der Waals surface area contributed by atoms with Gasteiger partial charge in [0.25, 0.3) is 0 Å². The summed E-state index contributed by atoms with van der Waals surface area (Å²) >= 11 is 0. The number of benzene rings is 1. The van der Waals surface area contributed by atoms with E-state index < -0.39 is 6.10 Å². The van der Waals surface area contributed by atoms with E-state index in [-0.39, 0.29) is 17.9 Å². The number of anilines is 1. The Morgan fingerprint density at radius 1 is 1.36 bits per heavy atom. The van der Waals surface area contributed by atoms with Gasteiger partial charge in [-0.15, -0.1) is 0 Å². The lowest BCUT2D eigenvalue weighted by Gasteiger charge is -2.16. The number of rotatable bonds is 4. The summed E-state index contributed by atoms with van der Waals surface area (Å²) in [6.45, 7) is 1.70. The van der Waals surface area contributed by atoms with Crippen LogP contribution in [0.2, 0.25) is 0 Å². The van der Waals surface area contributed by atoms with Gasteiger partial charge in [0, 0.05) is 31.7 Å². The molecule has 118 valence electrons. The Kier molecular flexibility index (Phi) is 4.40. The molecule has 0 aromatic heterocycles. The van der Waals surface area contributed by atoms with Crippen molar-refractivity contribution in [3.05, 3.63) is 29.8 Å². The van der Waals surface area contributed by atoms with Crippen LogP contribution in [0.1, 0.15) is 24.8 Å². The largest absolute Gasteiger partial charge is 0.392 e. The van der Waals surface area contributed by atoms with Crippen LogP contribution < -0.4 is 15.5 Å². The first-order valence-corrected chi connectivity index (χ1v) is 7.72. The SMILES string of the molecule is O=C(NCc1ccc(N2CCCC2=O)cc1)[C@H]1C[C@@H](O)CN1. The lowest BCUT2D eigenvalue weighted by atomic mass is 10.1. The second kappa shape index (κ2) is 6.46. The predicted octanol–water partition coefficient (Wildman–Crippen LogP) is 0.152. The third-order valence-electron chi connectivity index (χ3n) is 4.21. The first-order chi connectivity index (χ1) is 10.6. The number of nitrogens with one attached hydrogen (secondary N) is 2. The van der Waals surface area contributed by atoms with Gasteiger partial charge in [-0.05, 0) is 30.5 Å². The molecule has 0 aliphatic carbocycles. The first kappa shape index (κ1) is 15.0. The molecule has 1 aromatic rings. The van der Waals surface area contributed by atoms with Gasteiger partial charge in [0.2, 0.25) is 11.8 Å². The molecule has 1 aromatic carbocycles. The summed E-state index contributed by atoms with van der Waals surface area (Å²) in [6, 6.07) is 7.39. The molecular weight excluding hydrogens is 282 g/mol. The zero-order valence-corrected chi connectivity index (χ0v) is 12.4. The molecule has 2 heterocycles. The van der Waals surface area contributed by atoms with Crippen molar-refractivity contribution < 1.29 is 14.7 Å². The average molecular weight is 303 g/mol. The number of carbonyl (C=O) groups excluding carboxylic acids is 2. The Balaban J connectivity index is 1.53. The van der Waals surface area contributed by atoms with Crippen molar-refractivity contribution in [1.29, 1.82) is 0 Å². The lowest BCUT2D eigenvalue weighted by Crippen LogP contribution is -2.40. The van der Waals surface area contributed by atoms with Crippen LogP contribution in [0, 0.1) is 0 Å². The van der Waals surface area contributed by atoms with Crippen LogP contribution in [0.3, 0.4) is 0 Å². The highest BCUT2D eigenvalue weighted by Gasteiger charge is 2.27. The van der Waals surface area contributed by atoms with Crippen molar-refractivity contribution in [2.24, 2.45) is 0 Å². The van der Waals surface area contributed by atoms with Gasteiger partial charge >= 0.3 is 0 Å². The second-order valence-electron chi connectivity index (χ2n) is 5.88. The summed E-state index contributed by atoms with van der Waals surface area (Å²) in [4.78, 5) is 25.4. The highest BCUT2D eigenvalue weighted by Crippen LogP contribution is 2.21. The molecule has 0 saturated carbocycles. The predicted molar refractivity (Wildman–Crippen MR) is 82.3 cm³/mol. The van der Waals surface area contributed by atoms with Crippen molar-refractivity contribution in [2.45, 2.75) is 38.0 Å². The van der Waals surface area contributed by atoms with E-state index in [1.54, 1.807) is 4.90 Å². The maximum Gasteiger partial charge on any atom is 0.237 e. The number of nitrogens with zero attached hydrogens (tertiary/aromatic N) is 1. The number of aliphatic hydroxyl groups is 1. The van der Waals surface area contributed by atoms with Crippen LogP contribution in [-0.4, -0.2) is 42.2 Å². The molecule has 6 heteroatoms. The van der Waals surface area contributed by atoms with Crippen molar-refractivity contribution in [3.63, 3.8) is 0 Å². The average Bonchev–Trinajstić information content (AvgIpc) is 3.14. The van der Waals surface area contributed by atoms with Crippen LogP contribution in [0.5, 0.6) is 0 Å². The molecule has 2 aliphatic heterocycles. The van der Waals surface area contributed by atoms with Gasteiger partial charge in [-0.1, -0.05) is 12.1 Å². The summed E-state index contributed by atoms with van der Waals surface area (Å²) < 4.78 is 0. The third kappa shape index (κ3) is 3.28. The van der Waals surface area contributed by atoms with Crippen LogP contribution in [0.4, 0.5) is 5.69 Å². The van der Waals surface area contributed by atoms with Gasteiger partial charge in [-0.3, -0.25) is 9.59 Å². The molecule has 0 radical (unpaired) electrons. The monoisotopic (exact) mass is 303 g/mol. The number of hydrogen-bond acceptors (Lipinski definition) is 4. The Morgan fingerprint density at radius 2 is 2.14 bits per heavy atom. The maximum atomic E-state index is 11.9. The number of amides is 2. The number of aliphatic hydroxyl groups excluding tert-OH is 1. The van der Waals surface area contributed by atoms with Crippen LogP contribution >= 0.6 is 0 Å². The van der Waals surface area contributed by atoms with E-state index >= 15 is 0 Å². The van der Waals surface area contributed by atoms with Crippen LogP contribution in [0.25, 0.3) is 0 Å². The van der Waals surface area contributed by atoms with E-state index in [4.69, 9.17) is 0 Å². The molecule has 2 saturated heterocycles. The fourth-order valence-corrected chi connectivity index (χ4v) is 2.94. The molecule has 2 amide bonds. The quantitative estimate of drug-likeness (QED) is 0.740. The van der Waals surface area contributed by atoms with Gasteiger partial charge < -0.3 is 20.6 Å². The van der Waals surface area contributed by atoms with Gasteiger partial charge in [0.15, 0.2) is 0 Å². The van der Waals surface area contributed by atoms with Gasteiger partial charge in [-0.25, -0.2) is 0 Å². The van der Waals surface area contributed by atoms with Crippen molar-refractivity contribution in [2.75, 3.05) is 18.0 Å². The summed E-state index contributed by atoms with van der Waals surface area (Å²) in [5.41, 5.74) is 1.90. The van der Waals surface area contributed by atoms with E-state index in [2.05, 4.69) is 10.6 Å². The molecule has 3 N–H and O–H groups in total. The smallest absolute Gasteiger partial charge is 0.237 e. The first-order valence-electron chi connectivity index (χ1n) is 7.72. The topological polar surface area (TPSA) is 81.7 Å². The van der Waals surface area contributed by atoms with E-state index in [0.29, 0.717) is 25.9 Å². The Morgan fingerprint density at radius 3 is 2.73 bits per heavy atom. The van der Waals surface area contributed by atoms with Crippen LogP contribution in [0.15, 0.2) is 24.3 Å². The Bertz CT molecular complexity index is 558. The summed E-state index contributed by atoms with van der Waals surface area (Å²) in [6.07, 6.45) is 1.56. The lowest BCUT2D eigenvalue weighted by molar-refractivity contribution is -0.123. The maximum absolute atomic E-state index is 11.9. The fraction of sp³-hybridized carbons (Fsp3) is 0.500. The second-order valence-corrected chi connectivity index (χ2v) is 5.88. The van der Waals surface area contributed by atoms with Crippen molar-refractivity contribution in [3.8, 4) is 0 Å². The molecule has 2 fully saturated rings. The van der Waals surface area contributed by atoms with Gasteiger partial charge in [0.1, 0.15) is 0 Å². The van der Waals surface area contributed by atoms with E-state index in [1.165, 1.54) is 0 Å². The van der Waals surface area contributed by atoms with Crippen molar-refractivity contribution >= 4 is 17.5 Å². The minimum Gasteiger partial charge on any atom is -0.392 e. The van der Waals surface area contributed by atoms with Crippen LogP contribution in [-0.2, 0) is 16.1 Å². The molecule has 0 unspecified atom stereocenters. The zero-order valence-electron chi connectivity index (χ0n) is 12.4. The summed E-state index contributed by atoms with van der Waals surface area (Å²) in [7, 11) is 0. The van der Waals surface area contributed by atoms with Gasteiger partial charge in [-0.2, -0.15) is 0 Å². The minimum atomic E-state index is -0.437. The zero-order chi connectivity index (χ0) is 15.5. The molecule has 2 aliphatic rings. The standard InChI is InChI=1S/C16H21N3O3/c20-13-8-14(17-10-13)16(22)18-9-11-3-5-12(6-4-11)19-7-1-2-15(19)21/h3-6,13-14,17,20H,1-2,7-10H2,(H,18,22)/t13-,14-/m1/s1. The number of β-amino-alcohol motifs (C(OH)–C–C–N with tert-alkyl or cyclic N) is 1. The summed E-state index contributed by atoms with van der Waals surface area (Å²) in [5, 5.41) is 15.3. The van der Waals surface area contributed by atoms with E-state index in [9.17, 15) is 14.7 Å². The summed E-state index contributed by atoms with van der Waals surface area (Å²) in [5.74, 6) is 0.0854. The van der Waals surface area contributed by atoms with E-state index in [0.717, 1.165) is 24.2 Å². The van der Waals surface area contributed by atoms with E-state index in [1.807, 2.05) is 24.3 Å². The molecule has 0 bridgehead atoms. The highest BCUT2D eigenvalue weighted by atomic mass is 16.3. The minimum absolute atomic E-state index is 0.0876. The molecular formula is C16H21N3O3. The number of carbonyl (C=O) groups is 2. The Hall–Kier alpha value is -1.92. The normalized spacial score (nSPS) is 24.8. The molecule has 0 spiro atoms.